The van der Waals surface area contributed by atoms with Crippen LogP contribution in [-0.2, 0) is 6.54 Å². The Hall–Kier alpha value is -1.05. The van der Waals surface area contributed by atoms with Crippen LogP contribution in [0.1, 0.15) is 20.1 Å². The second-order valence-corrected chi connectivity index (χ2v) is 5.10. The number of rotatable bonds is 7. The molecule has 1 rings (SSSR count). The average Bonchev–Trinajstić information content (AvgIpc) is 2.60. The lowest BCUT2D eigenvalue weighted by Crippen LogP contribution is -2.31. The number of carboxylic acid groups (broad SMARTS) is 1. The summed E-state index contributed by atoms with van der Waals surface area (Å²) < 4.78 is 24.7. The fourth-order valence-corrected chi connectivity index (χ4v) is 2.47. The maximum atomic E-state index is 12.3. The minimum Gasteiger partial charge on any atom is -0.477 e. The van der Waals surface area contributed by atoms with E-state index in [1.165, 1.54) is 11.0 Å². The van der Waals surface area contributed by atoms with Gasteiger partial charge in [0.2, 0.25) is 0 Å². The Balaban J connectivity index is 2.76. The van der Waals surface area contributed by atoms with E-state index in [9.17, 15) is 13.6 Å². The molecule has 0 bridgehead atoms. The van der Waals surface area contributed by atoms with Crippen molar-refractivity contribution in [3.05, 3.63) is 21.4 Å². The number of nitrogens with zero attached hydrogens (tertiary/aromatic N) is 1. The predicted molar refractivity (Wildman–Crippen MR) is 64.4 cm³/mol. The summed E-state index contributed by atoms with van der Waals surface area (Å²) >= 11 is 1.13. The summed E-state index contributed by atoms with van der Waals surface area (Å²) in [6.07, 6.45) is -2.48. The third-order valence-electron chi connectivity index (χ3n) is 2.44. The molecule has 7 heteroatoms. The molecule has 1 aromatic rings. The molecule has 0 aliphatic rings. The molecule has 0 saturated carbocycles. The second kappa shape index (κ2) is 6.77. The van der Waals surface area contributed by atoms with Gasteiger partial charge < -0.3 is 10.2 Å². The van der Waals surface area contributed by atoms with Crippen molar-refractivity contribution in [1.82, 2.24) is 4.90 Å². The van der Waals surface area contributed by atoms with E-state index in [1.54, 1.807) is 6.92 Å². The summed E-state index contributed by atoms with van der Waals surface area (Å²) in [5.74, 6) is -1.02. The van der Waals surface area contributed by atoms with Gasteiger partial charge in [-0.15, -0.1) is 11.3 Å². The van der Waals surface area contributed by atoms with Crippen LogP contribution >= 0.6 is 11.3 Å². The van der Waals surface area contributed by atoms with Gasteiger partial charge in [-0.25, -0.2) is 13.6 Å². The number of carbonyl (C=O) groups is 1. The van der Waals surface area contributed by atoms with Crippen LogP contribution in [0.4, 0.5) is 8.78 Å². The van der Waals surface area contributed by atoms with E-state index in [0.29, 0.717) is 5.56 Å². The number of aryl methyl sites for hydroxylation is 1. The Labute approximate surface area is 107 Å². The first-order valence-electron chi connectivity index (χ1n) is 5.38. The van der Waals surface area contributed by atoms with Crippen LogP contribution in [0.5, 0.6) is 0 Å². The minimum absolute atomic E-state index is 0.141. The maximum absolute atomic E-state index is 12.3. The van der Waals surface area contributed by atoms with Gasteiger partial charge in [-0.1, -0.05) is 0 Å². The molecule has 0 fully saturated rings. The van der Waals surface area contributed by atoms with Crippen molar-refractivity contribution in [2.24, 2.45) is 0 Å². The number of hydrogen-bond donors (Lipinski definition) is 2. The molecular weight excluding hydrogens is 264 g/mol. The van der Waals surface area contributed by atoms with Crippen LogP contribution in [-0.4, -0.2) is 47.2 Å². The van der Waals surface area contributed by atoms with E-state index in [-0.39, 0.29) is 24.6 Å². The molecular formula is C11H15F2NO3S. The third-order valence-corrected chi connectivity index (χ3v) is 3.52. The van der Waals surface area contributed by atoms with Crippen LogP contribution in [0.15, 0.2) is 6.07 Å². The van der Waals surface area contributed by atoms with Gasteiger partial charge in [0.15, 0.2) is 0 Å². The third kappa shape index (κ3) is 4.32. The standard InChI is InChI=1S/C11H15F2NO3S/c1-7-8(4-9(18-7)11(16)17)5-14(2-3-15)6-10(12)13/h4,10,15H,2-3,5-6H2,1H3,(H,16,17). The highest BCUT2D eigenvalue weighted by atomic mass is 32.1. The molecule has 102 valence electrons. The van der Waals surface area contributed by atoms with Gasteiger partial charge in [0.05, 0.1) is 13.2 Å². The molecule has 0 aliphatic heterocycles. The first kappa shape index (κ1) is 15.0. The summed E-state index contributed by atoms with van der Waals surface area (Å²) in [5, 5.41) is 17.7. The molecule has 0 radical (unpaired) electrons. The van der Waals surface area contributed by atoms with Crippen molar-refractivity contribution < 1.29 is 23.8 Å². The van der Waals surface area contributed by atoms with Crippen LogP contribution < -0.4 is 0 Å². The Morgan fingerprint density at radius 1 is 1.56 bits per heavy atom. The number of aliphatic hydroxyl groups is 1. The Bertz CT molecular complexity index is 409. The molecule has 0 aromatic carbocycles. The lowest BCUT2D eigenvalue weighted by Gasteiger charge is -2.20. The number of aliphatic hydroxyl groups excluding tert-OH is 1. The zero-order chi connectivity index (χ0) is 13.7. The molecule has 0 atom stereocenters. The number of alkyl halides is 2. The second-order valence-electron chi connectivity index (χ2n) is 3.85. The summed E-state index contributed by atoms with van der Waals surface area (Å²) in [6.45, 7) is 1.48. The summed E-state index contributed by atoms with van der Waals surface area (Å²) in [5.41, 5.74) is 0.714. The van der Waals surface area contributed by atoms with Crippen LogP contribution in [0.25, 0.3) is 0 Å². The average molecular weight is 279 g/mol. The van der Waals surface area contributed by atoms with E-state index in [2.05, 4.69) is 0 Å². The maximum Gasteiger partial charge on any atom is 0.345 e. The highest BCUT2D eigenvalue weighted by Crippen LogP contribution is 2.23. The lowest BCUT2D eigenvalue weighted by atomic mass is 10.2. The van der Waals surface area contributed by atoms with Gasteiger partial charge in [0.1, 0.15) is 4.88 Å². The molecule has 2 N–H and O–H groups in total. The normalized spacial score (nSPS) is 11.4. The quantitative estimate of drug-likeness (QED) is 0.799. The zero-order valence-corrected chi connectivity index (χ0v) is 10.7. The van der Waals surface area contributed by atoms with Crippen molar-refractivity contribution in [2.75, 3.05) is 19.7 Å². The molecule has 0 aliphatic carbocycles. The van der Waals surface area contributed by atoms with Crippen LogP contribution in [0, 0.1) is 6.92 Å². The fourth-order valence-electron chi connectivity index (χ4n) is 1.59. The monoisotopic (exact) mass is 279 g/mol. The molecule has 0 saturated heterocycles. The molecule has 4 nitrogen and oxygen atoms in total. The van der Waals surface area contributed by atoms with Crippen molar-refractivity contribution >= 4 is 17.3 Å². The predicted octanol–water partition coefficient (Wildman–Crippen LogP) is 1.81. The molecule has 18 heavy (non-hydrogen) atoms. The topological polar surface area (TPSA) is 60.8 Å². The highest BCUT2D eigenvalue weighted by Gasteiger charge is 2.16. The lowest BCUT2D eigenvalue weighted by molar-refractivity contribution is 0.0697. The minimum atomic E-state index is -2.48. The Kier molecular flexibility index (Phi) is 5.64. The number of halogens is 2. The molecule has 0 unspecified atom stereocenters. The van der Waals surface area contributed by atoms with E-state index in [4.69, 9.17) is 10.2 Å². The zero-order valence-electron chi connectivity index (χ0n) is 9.90. The smallest absolute Gasteiger partial charge is 0.345 e. The van der Waals surface area contributed by atoms with Crippen molar-refractivity contribution in [2.45, 2.75) is 19.9 Å². The van der Waals surface area contributed by atoms with Crippen molar-refractivity contribution in [3.8, 4) is 0 Å². The van der Waals surface area contributed by atoms with Gasteiger partial charge in [-0.2, -0.15) is 0 Å². The van der Waals surface area contributed by atoms with Crippen molar-refractivity contribution in [1.29, 1.82) is 0 Å². The molecule has 1 aromatic heterocycles. The molecule has 0 spiro atoms. The Morgan fingerprint density at radius 3 is 2.67 bits per heavy atom. The van der Waals surface area contributed by atoms with E-state index >= 15 is 0 Å². The van der Waals surface area contributed by atoms with E-state index in [1.807, 2.05) is 0 Å². The fraction of sp³-hybridized carbons (Fsp3) is 0.545. The number of thiophene rings is 1. The first-order chi connectivity index (χ1) is 8.43. The SMILES string of the molecule is Cc1sc(C(=O)O)cc1CN(CCO)CC(F)F. The molecule has 0 amide bonds. The van der Waals surface area contributed by atoms with Gasteiger partial charge in [0.25, 0.3) is 6.43 Å². The van der Waals surface area contributed by atoms with E-state index < -0.39 is 18.9 Å². The largest absolute Gasteiger partial charge is 0.477 e. The molecule has 1 heterocycles. The number of carboxylic acids is 1. The van der Waals surface area contributed by atoms with Crippen LogP contribution in [0.2, 0.25) is 0 Å². The summed E-state index contributed by atoms with van der Waals surface area (Å²) in [7, 11) is 0. The van der Waals surface area contributed by atoms with Gasteiger partial charge in [-0.05, 0) is 18.6 Å². The van der Waals surface area contributed by atoms with Crippen LogP contribution in [0.3, 0.4) is 0 Å². The summed E-state index contributed by atoms with van der Waals surface area (Å²) in [6, 6.07) is 1.50. The number of hydrogen-bond acceptors (Lipinski definition) is 4. The first-order valence-corrected chi connectivity index (χ1v) is 6.19. The van der Waals surface area contributed by atoms with Gasteiger partial charge in [0, 0.05) is 18.0 Å². The number of aromatic carboxylic acids is 1. The summed E-state index contributed by atoms with van der Waals surface area (Å²) in [4.78, 5) is 13.2. The van der Waals surface area contributed by atoms with Gasteiger partial charge >= 0.3 is 5.97 Å². The Morgan fingerprint density at radius 2 is 2.22 bits per heavy atom. The highest BCUT2D eigenvalue weighted by molar-refractivity contribution is 7.14. The van der Waals surface area contributed by atoms with Gasteiger partial charge in [-0.3, -0.25) is 4.90 Å². The van der Waals surface area contributed by atoms with Crippen molar-refractivity contribution in [3.63, 3.8) is 0 Å². The van der Waals surface area contributed by atoms with E-state index in [0.717, 1.165) is 16.2 Å².